The van der Waals surface area contributed by atoms with E-state index in [2.05, 4.69) is 241 Å². The number of hydrogen-bond acceptors (Lipinski definition) is 1. The first kappa shape index (κ1) is 33.6. The van der Waals surface area contributed by atoms with Crippen LogP contribution in [0.2, 0.25) is 0 Å². The van der Waals surface area contributed by atoms with Crippen molar-refractivity contribution in [3.05, 3.63) is 237 Å². The minimum absolute atomic E-state index is 1.08. The number of hydrogen-bond donors (Lipinski definition) is 0. The molecule has 55 heavy (non-hydrogen) atoms. The standard InChI is InChI=1S/C54H39N/c1-6-20-40(21-7-1)45-38-52(42-24-10-3-11-25-42)54(53(39-45)43-26-12-4-13-27-43)55(46-28-14-5-15-29-46)47-36-34-44(35-37-47)49-31-17-19-33-51(49)50-32-18-16-30-48(50)41-22-8-2-9-23-41/h1-39H. The Morgan fingerprint density at radius 1 is 0.200 bits per heavy atom. The molecular formula is C54H39N. The van der Waals surface area contributed by atoms with Gasteiger partial charge < -0.3 is 4.90 Å². The summed E-state index contributed by atoms with van der Waals surface area (Å²) in [4.78, 5) is 2.43. The highest BCUT2D eigenvalue weighted by Crippen LogP contribution is 2.49. The molecular weight excluding hydrogens is 663 g/mol. The minimum atomic E-state index is 1.08. The molecule has 0 aliphatic rings. The molecule has 0 N–H and O–H groups in total. The van der Waals surface area contributed by atoms with Crippen LogP contribution < -0.4 is 4.90 Å². The van der Waals surface area contributed by atoms with Crippen molar-refractivity contribution in [3.63, 3.8) is 0 Å². The average Bonchev–Trinajstić information content (AvgIpc) is 3.28. The average molecular weight is 702 g/mol. The summed E-state index contributed by atoms with van der Waals surface area (Å²) in [5, 5.41) is 0. The van der Waals surface area contributed by atoms with E-state index in [4.69, 9.17) is 0 Å². The summed E-state index contributed by atoms with van der Waals surface area (Å²) in [6.07, 6.45) is 0. The Balaban J connectivity index is 1.24. The largest absolute Gasteiger partial charge is 0.309 e. The molecule has 0 unspecified atom stereocenters. The lowest BCUT2D eigenvalue weighted by Crippen LogP contribution is -2.13. The number of nitrogens with zero attached hydrogens (tertiary/aromatic N) is 1. The molecule has 0 aliphatic heterocycles. The molecule has 1 heteroatoms. The molecule has 0 spiro atoms. The Morgan fingerprint density at radius 3 is 0.945 bits per heavy atom. The maximum Gasteiger partial charge on any atom is 0.0618 e. The molecule has 0 bridgehead atoms. The first-order valence-electron chi connectivity index (χ1n) is 18.9. The van der Waals surface area contributed by atoms with Crippen molar-refractivity contribution in [1.82, 2.24) is 0 Å². The molecule has 260 valence electrons. The van der Waals surface area contributed by atoms with E-state index in [0.717, 1.165) is 39.3 Å². The van der Waals surface area contributed by atoms with Crippen molar-refractivity contribution in [2.75, 3.05) is 4.90 Å². The molecule has 0 fully saturated rings. The lowest BCUT2D eigenvalue weighted by molar-refractivity contribution is 1.28. The summed E-state index contributed by atoms with van der Waals surface area (Å²) in [5.74, 6) is 0. The second-order valence-corrected chi connectivity index (χ2v) is 13.7. The van der Waals surface area contributed by atoms with E-state index in [9.17, 15) is 0 Å². The van der Waals surface area contributed by atoms with E-state index in [-0.39, 0.29) is 0 Å². The van der Waals surface area contributed by atoms with Crippen LogP contribution in [0.25, 0.3) is 66.8 Å². The molecule has 0 atom stereocenters. The fourth-order valence-corrected chi connectivity index (χ4v) is 7.68. The van der Waals surface area contributed by atoms with Gasteiger partial charge in [0.05, 0.1) is 5.69 Å². The lowest BCUT2D eigenvalue weighted by Gasteiger charge is -2.31. The van der Waals surface area contributed by atoms with Gasteiger partial charge in [0, 0.05) is 22.5 Å². The monoisotopic (exact) mass is 701 g/mol. The van der Waals surface area contributed by atoms with E-state index in [1.807, 2.05) is 0 Å². The van der Waals surface area contributed by atoms with E-state index < -0.39 is 0 Å². The Kier molecular flexibility index (Phi) is 9.41. The van der Waals surface area contributed by atoms with Crippen LogP contribution in [0.15, 0.2) is 237 Å². The van der Waals surface area contributed by atoms with Crippen LogP contribution in [-0.4, -0.2) is 0 Å². The normalized spacial score (nSPS) is 10.9. The summed E-state index contributed by atoms with van der Waals surface area (Å²) < 4.78 is 0. The second-order valence-electron chi connectivity index (χ2n) is 13.7. The van der Waals surface area contributed by atoms with Gasteiger partial charge >= 0.3 is 0 Å². The smallest absolute Gasteiger partial charge is 0.0618 e. The fourth-order valence-electron chi connectivity index (χ4n) is 7.68. The first-order chi connectivity index (χ1) is 27.3. The van der Waals surface area contributed by atoms with Gasteiger partial charge in [0.25, 0.3) is 0 Å². The van der Waals surface area contributed by atoms with Crippen LogP contribution in [0.3, 0.4) is 0 Å². The highest BCUT2D eigenvalue weighted by molar-refractivity contribution is 6.00. The number of rotatable bonds is 9. The van der Waals surface area contributed by atoms with Crippen LogP contribution in [0.1, 0.15) is 0 Å². The zero-order valence-corrected chi connectivity index (χ0v) is 30.5. The van der Waals surface area contributed by atoms with Crippen molar-refractivity contribution in [1.29, 1.82) is 0 Å². The maximum atomic E-state index is 2.43. The Hall–Kier alpha value is -7.22. The SMILES string of the molecule is c1ccc(-c2cc(-c3ccccc3)c(N(c3ccccc3)c3ccc(-c4ccccc4-c4ccccc4-c4ccccc4)cc3)c(-c3ccccc3)c2)cc1. The molecule has 0 saturated heterocycles. The Labute approximate surface area is 324 Å². The molecule has 0 heterocycles. The van der Waals surface area contributed by atoms with Gasteiger partial charge in [-0.2, -0.15) is 0 Å². The Morgan fingerprint density at radius 2 is 0.509 bits per heavy atom. The lowest BCUT2D eigenvalue weighted by atomic mass is 9.89. The third kappa shape index (κ3) is 6.88. The molecule has 0 aliphatic carbocycles. The molecule has 0 radical (unpaired) electrons. The number of para-hydroxylation sites is 1. The number of benzene rings is 9. The molecule has 9 aromatic carbocycles. The van der Waals surface area contributed by atoms with E-state index >= 15 is 0 Å². The van der Waals surface area contributed by atoms with Gasteiger partial charge in [-0.1, -0.05) is 200 Å². The van der Waals surface area contributed by atoms with E-state index in [0.29, 0.717) is 0 Å². The molecule has 0 amide bonds. The first-order valence-corrected chi connectivity index (χ1v) is 18.9. The molecule has 9 aromatic rings. The van der Waals surface area contributed by atoms with Crippen LogP contribution in [0.5, 0.6) is 0 Å². The summed E-state index contributed by atoms with van der Waals surface area (Å²) in [6, 6.07) is 85.0. The maximum absolute atomic E-state index is 2.43. The predicted molar refractivity (Wildman–Crippen MR) is 234 cm³/mol. The third-order valence-corrected chi connectivity index (χ3v) is 10.3. The summed E-state index contributed by atoms with van der Waals surface area (Å²) in [6.45, 7) is 0. The van der Waals surface area contributed by atoms with Crippen molar-refractivity contribution < 1.29 is 0 Å². The fraction of sp³-hybridized carbons (Fsp3) is 0. The zero-order valence-electron chi connectivity index (χ0n) is 30.5. The van der Waals surface area contributed by atoms with Crippen LogP contribution >= 0.6 is 0 Å². The van der Waals surface area contributed by atoms with Gasteiger partial charge in [-0.25, -0.2) is 0 Å². The van der Waals surface area contributed by atoms with Crippen molar-refractivity contribution in [2.45, 2.75) is 0 Å². The quantitative estimate of drug-likeness (QED) is 0.145. The van der Waals surface area contributed by atoms with E-state index in [1.165, 1.54) is 44.5 Å². The predicted octanol–water partition coefficient (Wildman–Crippen LogP) is 15.2. The molecule has 1 nitrogen and oxygen atoms in total. The van der Waals surface area contributed by atoms with Gasteiger partial charge in [-0.05, 0) is 92.0 Å². The van der Waals surface area contributed by atoms with Crippen molar-refractivity contribution >= 4 is 17.1 Å². The van der Waals surface area contributed by atoms with Gasteiger partial charge in [-0.3, -0.25) is 0 Å². The summed E-state index contributed by atoms with van der Waals surface area (Å²) in [7, 11) is 0. The minimum Gasteiger partial charge on any atom is -0.309 e. The third-order valence-electron chi connectivity index (χ3n) is 10.3. The van der Waals surface area contributed by atoms with Crippen molar-refractivity contribution in [3.8, 4) is 66.8 Å². The molecule has 9 rings (SSSR count). The van der Waals surface area contributed by atoms with Gasteiger partial charge in [0.2, 0.25) is 0 Å². The zero-order chi connectivity index (χ0) is 36.8. The summed E-state index contributed by atoms with van der Waals surface area (Å²) in [5.41, 5.74) is 17.6. The Bertz CT molecular complexity index is 2590. The highest BCUT2D eigenvalue weighted by Gasteiger charge is 2.24. The van der Waals surface area contributed by atoms with Gasteiger partial charge in [0.1, 0.15) is 0 Å². The van der Waals surface area contributed by atoms with Gasteiger partial charge in [0.15, 0.2) is 0 Å². The highest BCUT2D eigenvalue weighted by atomic mass is 15.1. The van der Waals surface area contributed by atoms with Crippen LogP contribution in [0, 0.1) is 0 Å². The van der Waals surface area contributed by atoms with Crippen LogP contribution in [0.4, 0.5) is 17.1 Å². The molecule has 0 saturated carbocycles. The van der Waals surface area contributed by atoms with Crippen molar-refractivity contribution in [2.24, 2.45) is 0 Å². The van der Waals surface area contributed by atoms with Crippen LogP contribution in [-0.2, 0) is 0 Å². The second kappa shape index (κ2) is 15.4. The van der Waals surface area contributed by atoms with E-state index in [1.54, 1.807) is 0 Å². The molecule has 0 aromatic heterocycles. The number of anilines is 3. The van der Waals surface area contributed by atoms with Gasteiger partial charge in [-0.15, -0.1) is 0 Å². The topological polar surface area (TPSA) is 3.24 Å². The summed E-state index contributed by atoms with van der Waals surface area (Å²) >= 11 is 0.